The van der Waals surface area contributed by atoms with Crippen LogP contribution in [0.3, 0.4) is 0 Å². The van der Waals surface area contributed by atoms with E-state index in [1.807, 2.05) is 0 Å². The number of carboxylic acid groups (broad SMARTS) is 6. The van der Waals surface area contributed by atoms with Gasteiger partial charge in [0.2, 0.25) is 0 Å². The molecule has 0 aromatic rings. The van der Waals surface area contributed by atoms with E-state index in [-0.39, 0.29) is 44.1 Å². The monoisotopic (exact) mass is 726 g/mol. The van der Waals surface area contributed by atoms with E-state index in [1.54, 1.807) is 0 Å². The number of hydrogen-bond acceptors (Lipinski definition) is 8. The van der Waals surface area contributed by atoms with Crippen LogP contribution < -0.4 is 0 Å². The Hall–Kier alpha value is -3.26. The molecule has 0 bridgehead atoms. The normalized spacial score (nSPS) is 10.3. The largest absolute Gasteiger partial charge is 0.481 e. The Balaban J connectivity index is -0.000000192. The van der Waals surface area contributed by atoms with Gasteiger partial charge in [-0.05, 0) is 50.9 Å². The van der Waals surface area contributed by atoms with Gasteiger partial charge in [-0.2, -0.15) is 0 Å². The predicted octanol–water partition coefficient (Wildman–Crippen LogP) is 7.72. The Labute approximate surface area is 299 Å². The third kappa shape index (κ3) is 37.6. The summed E-state index contributed by atoms with van der Waals surface area (Å²) in [5.74, 6) is -6.46. The second kappa shape index (κ2) is 38.5. The van der Waals surface area contributed by atoms with Crippen LogP contribution in [0.5, 0.6) is 0 Å². The topological polar surface area (TPSA) is 253 Å². The standard InChI is InChI=1S/C20H42O.3C4H6O4.C4H10O/c1-7-13-16-19(10-4,11-5)20(21-12-6,17-14-8-2)18-15-9-3;3*5-3(6)1-2-4(7)8;1-2-3-4-5/h7-18H2,1-6H3;3*1-2H2,(H,5,6)(H,7,8);5H,2-4H2,1H3. The zero-order valence-electron chi connectivity index (χ0n) is 31.8. The van der Waals surface area contributed by atoms with Crippen molar-refractivity contribution in [2.45, 2.75) is 176 Å². The van der Waals surface area contributed by atoms with E-state index in [0.717, 1.165) is 19.4 Å². The van der Waals surface area contributed by atoms with Gasteiger partial charge < -0.3 is 40.5 Å². The Morgan fingerprint density at radius 2 is 0.700 bits per heavy atom. The Morgan fingerprint density at radius 1 is 0.440 bits per heavy atom. The van der Waals surface area contributed by atoms with Gasteiger partial charge in [0.1, 0.15) is 0 Å². The molecular formula is C36H70O14. The van der Waals surface area contributed by atoms with Crippen molar-refractivity contribution in [1.29, 1.82) is 0 Å². The van der Waals surface area contributed by atoms with Crippen molar-refractivity contribution in [1.82, 2.24) is 0 Å². The van der Waals surface area contributed by atoms with E-state index in [9.17, 15) is 28.8 Å². The molecule has 0 aromatic carbocycles. The highest BCUT2D eigenvalue weighted by Gasteiger charge is 2.48. The van der Waals surface area contributed by atoms with Crippen molar-refractivity contribution in [3.8, 4) is 0 Å². The summed E-state index contributed by atoms with van der Waals surface area (Å²) in [6.45, 7) is 17.2. The number of rotatable bonds is 25. The van der Waals surface area contributed by atoms with E-state index < -0.39 is 35.8 Å². The van der Waals surface area contributed by atoms with Crippen LogP contribution in [0.15, 0.2) is 0 Å². The molecule has 0 aromatic heterocycles. The van der Waals surface area contributed by atoms with Crippen molar-refractivity contribution < 1.29 is 69.2 Å². The van der Waals surface area contributed by atoms with Crippen LogP contribution in [0.25, 0.3) is 0 Å². The number of aliphatic carboxylic acids is 6. The molecule has 0 saturated carbocycles. The second-order valence-corrected chi connectivity index (χ2v) is 11.7. The fourth-order valence-corrected chi connectivity index (χ4v) is 4.94. The average molecular weight is 727 g/mol. The molecule has 14 nitrogen and oxygen atoms in total. The quantitative estimate of drug-likeness (QED) is 0.0475. The van der Waals surface area contributed by atoms with Gasteiger partial charge in [-0.15, -0.1) is 0 Å². The molecule has 0 heterocycles. The summed E-state index contributed by atoms with van der Waals surface area (Å²) in [6.07, 6.45) is 14.4. The number of aliphatic hydroxyl groups is 1. The molecule has 50 heavy (non-hydrogen) atoms. The second-order valence-electron chi connectivity index (χ2n) is 11.7. The smallest absolute Gasteiger partial charge is 0.303 e. The van der Waals surface area contributed by atoms with Gasteiger partial charge in [-0.25, -0.2) is 0 Å². The first-order chi connectivity index (χ1) is 23.4. The Morgan fingerprint density at radius 3 is 0.860 bits per heavy atom. The fraction of sp³-hybridized carbons (Fsp3) is 0.833. The summed E-state index contributed by atoms with van der Waals surface area (Å²) in [5, 5.41) is 55.5. The van der Waals surface area contributed by atoms with Crippen molar-refractivity contribution in [2.75, 3.05) is 13.2 Å². The summed E-state index contributed by atoms with van der Waals surface area (Å²) >= 11 is 0. The predicted molar refractivity (Wildman–Crippen MR) is 191 cm³/mol. The summed E-state index contributed by atoms with van der Waals surface area (Å²) in [4.78, 5) is 57.8. The lowest BCUT2D eigenvalue weighted by Crippen LogP contribution is -2.50. The molecule has 0 aliphatic rings. The van der Waals surface area contributed by atoms with Crippen molar-refractivity contribution in [2.24, 2.45) is 5.41 Å². The lowest BCUT2D eigenvalue weighted by molar-refractivity contribution is -0.153. The van der Waals surface area contributed by atoms with Gasteiger partial charge in [-0.3, -0.25) is 28.8 Å². The minimum absolute atomic E-state index is 0.118. The number of carboxylic acids is 6. The average Bonchev–Trinajstić information content (AvgIpc) is 3.05. The van der Waals surface area contributed by atoms with E-state index in [4.69, 9.17) is 40.5 Å². The van der Waals surface area contributed by atoms with Crippen LogP contribution in [-0.4, -0.2) is 90.4 Å². The molecule has 0 spiro atoms. The molecule has 7 N–H and O–H groups in total. The maximum Gasteiger partial charge on any atom is 0.303 e. The molecule has 0 amide bonds. The van der Waals surface area contributed by atoms with Crippen molar-refractivity contribution in [3.63, 3.8) is 0 Å². The molecule has 0 fully saturated rings. The molecule has 14 heteroatoms. The molecule has 0 atom stereocenters. The third-order valence-electron chi connectivity index (χ3n) is 7.79. The van der Waals surface area contributed by atoms with E-state index in [2.05, 4.69) is 48.5 Å². The van der Waals surface area contributed by atoms with Crippen LogP contribution >= 0.6 is 0 Å². The summed E-state index contributed by atoms with van der Waals surface area (Å²) < 4.78 is 6.58. The van der Waals surface area contributed by atoms with Gasteiger partial charge in [-0.1, -0.05) is 86.5 Å². The zero-order valence-corrected chi connectivity index (χ0v) is 31.8. The summed E-state index contributed by atoms with van der Waals surface area (Å²) in [6, 6.07) is 0. The minimum Gasteiger partial charge on any atom is -0.481 e. The van der Waals surface area contributed by atoms with Crippen LogP contribution in [0.1, 0.15) is 170 Å². The maximum absolute atomic E-state index is 9.64. The van der Waals surface area contributed by atoms with Crippen molar-refractivity contribution in [3.05, 3.63) is 0 Å². The third-order valence-corrected chi connectivity index (χ3v) is 7.79. The molecule has 0 aliphatic heterocycles. The summed E-state index contributed by atoms with van der Waals surface area (Å²) in [7, 11) is 0. The number of ether oxygens (including phenoxy) is 1. The van der Waals surface area contributed by atoms with Gasteiger partial charge in [0.05, 0.1) is 44.1 Å². The minimum atomic E-state index is -1.08. The molecule has 0 rings (SSSR count). The molecule has 0 aliphatic carbocycles. The fourth-order valence-electron chi connectivity index (χ4n) is 4.94. The number of unbranched alkanes of at least 4 members (excludes halogenated alkanes) is 4. The van der Waals surface area contributed by atoms with E-state index in [1.165, 1.54) is 70.6 Å². The van der Waals surface area contributed by atoms with E-state index in [0.29, 0.717) is 12.0 Å². The number of carbonyl (C=O) groups is 6. The van der Waals surface area contributed by atoms with Gasteiger partial charge >= 0.3 is 35.8 Å². The van der Waals surface area contributed by atoms with Crippen LogP contribution in [-0.2, 0) is 33.5 Å². The highest BCUT2D eigenvalue weighted by molar-refractivity contribution is 5.76. The first-order valence-corrected chi connectivity index (χ1v) is 18.0. The van der Waals surface area contributed by atoms with Crippen LogP contribution in [0.4, 0.5) is 0 Å². The Bertz CT molecular complexity index is 750. The maximum atomic E-state index is 9.64. The highest BCUT2D eigenvalue weighted by atomic mass is 16.5. The SMILES string of the molecule is CCCCC(CC)(CC)C(CCCC)(CCCC)OCC.CCCCO.O=C(O)CCC(=O)O.O=C(O)CCC(=O)O.O=C(O)CCC(=O)O. The molecular weight excluding hydrogens is 656 g/mol. The molecule has 0 unspecified atom stereocenters. The van der Waals surface area contributed by atoms with Crippen LogP contribution in [0, 0.1) is 5.41 Å². The Kier molecular flexibility index (Phi) is 43.3. The number of hydrogen-bond donors (Lipinski definition) is 7. The number of aliphatic hydroxyl groups excluding tert-OH is 1. The zero-order chi connectivity index (χ0) is 40.0. The molecule has 298 valence electrons. The summed E-state index contributed by atoms with van der Waals surface area (Å²) in [5.41, 5.74) is 0.496. The first-order valence-electron chi connectivity index (χ1n) is 18.0. The molecule has 0 saturated heterocycles. The first kappa shape index (κ1) is 56.1. The van der Waals surface area contributed by atoms with Gasteiger partial charge in [0.15, 0.2) is 0 Å². The van der Waals surface area contributed by atoms with Gasteiger partial charge in [0.25, 0.3) is 0 Å². The van der Waals surface area contributed by atoms with Gasteiger partial charge in [0, 0.05) is 13.2 Å². The lowest BCUT2D eigenvalue weighted by Gasteiger charge is -2.51. The molecule has 0 radical (unpaired) electrons. The highest BCUT2D eigenvalue weighted by Crippen LogP contribution is 2.50. The van der Waals surface area contributed by atoms with E-state index >= 15 is 0 Å². The lowest BCUT2D eigenvalue weighted by atomic mass is 9.61. The van der Waals surface area contributed by atoms with Crippen LogP contribution in [0.2, 0.25) is 0 Å². The van der Waals surface area contributed by atoms with Crippen molar-refractivity contribution >= 4 is 35.8 Å².